The topological polar surface area (TPSA) is 102 Å². The molecular formula is C24H26F3N5O3S. The number of nitrogens with one attached hydrogen (secondary N) is 2. The molecule has 4 rings (SSSR count). The molecule has 0 spiro atoms. The van der Waals surface area contributed by atoms with Gasteiger partial charge >= 0.3 is 6.18 Å². The number of aliphatic hydroxyl groups is 1. The van der Waals surface area contributed by atoms with Gasteiger partial charge in [0, 0.05) is 27.4 Å². The zero-order chi connectivity index (χ0) is 25.7. The second kappa shape index (κ2) is 11.1. The number of alkyl halides is 3. The number of aromatic amines is 1. The Balaban J connectivity index is 1.52. The van der Waals surface area contributed by atoms with Crippen molar-refractivity contribution in [3.05, 3.63) is 57.7 Å². The van der Waals surface area contributed by atoms with E-state index in [9.17, 15) is 23.1 Å². The molecule has 1 aliphatic rings. The second-order valence-electron chi connectivity index (χ2n) is 8.23. The van der Waals surface area contributed by atoms with Crippen LogP contribution in [0.5, 0.6) is 5.75 Å². The summed E-state index contributed by atoms with van der Waals surface area (Å²) in [4.78, 5) is 18.0. The van der Waals surface area contributed by atoms with Crippen LogP contribution in [0.15, 0.2) is 57.7 Å². The van der Waals surface area contributed by atoms with Gasteiger partial charge in [0.1, 0.15) is 11.4 Å². The number of aryl methyl sites for hydroxylation is 1. The van der Waals surface area contributed by atoms with E-state index in [4.69, 9.17) is 4.74 Å². The van der Waals surface area contributed by atoms with Crippen molar-refractivity contribution in [1.82, 2.24) is 10.4 Å². The molecule has 12 heteroatoms. The van der Waals surface area contributed by atoms with E-state index in [0.717, 1.165) is 26.7 Å². The lowest BCUT2D eigenvalue weighted by atomic mass is 10.1. The molecule has 1 atom stereocenters. The Bertz CT molecular complexity index is 1260. The molecule has 8 nitrogen and oxygen atoms in total. The van der Waals surface area contributed by atoms with Gasteiger partial charge in [0.25, 0.3) is 5.56 Å². The highest BCUT2D eigenvalue weighted by Gasteiger charge is 2.28. The van der Waals surface area contributed by atoms with Crippen molar-refractivity contribution in [2.24, 2.45) is 10.4 Å². The van der Waals surface area contributed by atoms with Gasteiger partial charge in [-0.2, -0.15) is 18.2 Å². The molecule has 1 aromatic carbocycles. The largest absolute Gasteiger partial charge is 0.494 e. The number of hydrogen-bond donors (Lipinski definition) is 3. The van der Waals surface area contributed by atoms with E-state index in [2.05, 4.69) is 20.9 Å². The van der Waals surface area contributed by atoms with Crippen molar-refractivity contribution in [3.8, 4) is 27.4 Å². The summed E-state index contributed by atoms with van der Waals surface area (Å²) in [6, 6.07) is 12.9. The molecule has 192 valence electrons. The number of pyridine rings is 1. The van der Waals surface area contributed by atoms with Crippen LogP contribution in [0.2, 0.25) is 0 Å². The Morgan fingerprint density at radius 1 is 1.14 bits per heavy atom. The fourth-order valence-corrected chi connectivity index (χ4v) is 4.72. The Hall–Kier alpha value is -3.38. The molecule has 0 saturated heterocycles. The summed E-state index contributed by atoms with van der Waals surface area (Å²) < 4.78 is 42.3. The molecule has 3 N–H and O–H groups in total. The maximum Gasteiger partial charge on any atom is 0.389 e. The van der Waals surface area contributed by atoms with Crippen molar-refractivity contribution >= 4 is 17.0 Å². The summed E-state index contributed by atoms with van der Waals surface area (Å²) in [5.74, 6) is 0.589. The van der Waals surface area contributed by atoms with Gasteiger partial charge in [0.2, 0.25) is 6.35 Å². The molecule has 0 fully saturated rings. The number of ether oxygens (including phenoxy) is 1. The molecule has 2 aromatic heterocycles. The minimum atomic E-state index is -4.12. The average Bonchev–Trinajstić information content (AvgIpc) is 3.49. The van der Waals surface area contributed by atoms with Crippen molar-refractivity contribution in [3.63, 3.8) is 0 Å². The van der Waals surface area contributed by atoms with Crippen LogP contribution < -0.4 is 20.7 Å². The van der Waals surface area contributed by atoms with E-state index in [1.807, 2.05) is 25.1 Å². The Kier molecular flexibility index (Phi) is 7.94. The number of aromatic nitrogens is 1. The number of benzene rings is 1. The summed E-state index contributed by atoms with van der Waals surface area (Å²) in [5, 5.41) is 18.8. The van der Waals surface area contributed by atoms with Crippen LogP contribution in [0, 0.1) is 0 Å². The monoisotopic (exact) mass is 521 g/mol. The van der Waals surface area contributed by atoms with Crippen molar-refractivity contribution < 1.29 is 23.0 Å². The standard InChI is InChI=1S/C24H26F3N5O3S/c1-2-17-10-11-20(36-17)18-14-19(28-22(33)21(18)32-23(34)29-30-31-32)15-6-8-16(9-7-15)35-13-5-3-4-12-24(25,26)27/h6-11,14,23,34H,2-5,12-13H2,1H3,(H,28,33)(H,29,31). The van der Waals surface area contributed by atoms with E-state index < -0.39 is 24.5 Å². The number of halogens is 3. The molecular weight excluding hydrogens is 495 g/mol. The van der Waals surface area contributed by atoms with Crippen molar-refractivity contribution in [2.45, 2.75) is 51.6 Å². The fourth-order valence-electron chi connectivity index (χ4n) is 3.76. The lowest BCUT2D eigenvalue weighted by Crippen LogP contribution is -2.37. The predicted octanol–water partition coefficient (Wildman–Crippen LogP) is 5.80. The lowest BCUT2D eigenvalue weighted by Gasteiger charge is -2.19. The van der Waals surface area contributed by atoms with Gasteiger partial charge in [-0.1, -0.05) is 12.1 Å². The quantitative estimate of drug-likeness (QED) is 0.293. The van der Waals surface area contributed by atoms with E-state index >= 15 is 0 Å². The number of H-pyrrole nitrogens is 1. The van der Waals surface area contributed by atoms with E-state index in [-0.39, 0.29) is 12.1 Å². The molecule has 0 bridgehead atoms. The summed E-state index contributed by atoms with van der Waals surface area (Å²) in [6.45, 7) is 2.38. The molecule has 1 unspecified atom stereocenters. The average molecular weight is 522 g/mol. The highest BCUT2D eigenvalue weighted by Crippen LogP contribution is 2.37. The van der Waals surface area contributed by atoms with Crippen LogP contribution >= 0.6 is 11.3 Å². The number of rotatable bonds is 10. The Morgan fingerprint density at radius 3 is 2.56 bits per heavy atom. The first kappa shape index (κ1) is 25.7. The molecule has 1 aliphatic heterocycles. The normalized spacial score (nSPS) is 15.4. The second-order valence-corrected chi connectivity index (χ2v) is 9.40. The number of aliphatic hydroxyl groups excluding tert-OH is 1. The fraction of sp³-hybridized carbons (Fsp3) is 0.375. The highest BCUT2D eigenvalue weighted by atomic mass is 32.1. The minimum Gasteiger partial charge on any atom is -0.494 e. The van der Waals surface area contributed by atoms with Crippen LogP contribution in [-0.4, -0.2) is 29.2 Å². The van der Waals surface area contributed by atoms with Gasteiger partial charge in [0.05, 0.1) is 6.61 Å². The maximum absolute atomic E-state index is 13.1. The first-order valence-electron chi connectivity index (χ1n) is 11.5. The Labute approximate surface area is 209 Å². The van der Waals surface area contributed by atoms with Gasteiger partial charge in [0.15, 0.2) is 0 Å². The first-order chi connectivity index (χ1) is 17.2. The summed E-state index contributed by atoms with van der Waals surface area (Å²) in [7, 11) is 0. The first-order valence-corrected chi connectivity index (χ1v) is 12.4. The van der Waals surface area contributed by atoms with Crippen molar-refractivity contribution in [1.29, 1.82) is 0 Å². The summed E-state index contributed by atoms with van der Waals surface area (Å²) in [5.41, 5.74) is 4.07. The molecule has 36 heavy (non-hydrogen) atoms. The van der Waals surface area contributed by atoms with Gasteiger partial charge in [-0.3, -0.25) is 4.79 Å². The van der Waals surface area contributed by atoms with E-state index in [1.54, 1.807) is 35.6 Å². The van der Waals surface area contributed by atoms with Gasteiger partial charge in [-0.05, 0) is 78.9 Å². The van der Waals surface area contributed by atoms with Crippen LogP contribution in [-0.2, 0) is 6.42 Å². The van der Waals surface area contributed by atoms with Crippen LogP contribution in [0.4, 0.5) is 18.9 Å². The van der Waals surface area contributed by atoms with Crippen LogP contribution in [0.3, 0.4) is 0 Å². The van der Waals surface area contributed by atoms with Crippen molar-refractivity contribution in [2.75, 3.05) is 11.6 Å². The molecule has 0 amide bonds. The molecule has 0 saturated carbocycles. The van der Waals surface area contributed by atoms with Gasteiger partial charge < -0.3 is 14.8 Å². The molecule has 3 heterocycles. The highest BCUT2D eigenvalue weighted by molar-refractivity contribution is 7.15. The number of thiophene rings is 1. The SMILES string of the molecule is CCc1ccc(-c2cc(-c3ccc(OCCCCCC(F)(F)F)cc3)[nH]c(=O)c2N2N=NNC2O)s1. The minimum absolute atomic E-state index is 0.0906. The summed E-state index contributed by atoms with van der Waals surface area (Å²) in [6.07, 6.45) is -4.23. The Morgan fingerprint density at radius 2 is 1.92 bits per heavy atom. The molecule has 3 aromatic rings. The third-order valence-corrected chi connectivity index (χ3v) is 6.86. The lowest BCUT2D eigenvalue weighted by molar-refractivity contribution is -0.135. The van der Waals surface area contributed by atoms with Crippen LogP contribution in [0.1, 0.15) is 37.5 Å². The number of anilines is 1. The van der Waals surface area contributed by atoms with Crippen LogP contribution in [0.25, 0.3) is 21.7 Å². The molecule has 0 aliphatic carbocycles. The van der Waals surface area contributed by atoms with Gasteiger partial charge in [-0.15, -0.1) is 11.3 Å². The smallest absolute Gasteiger partial charge is 0.389 e. The number of unbranched alkanes of at least 4 members (excludes halogenated alkanes) is 2. The van der Waals surface area contributed by atoms with E-state index in [0.29, 0.717) is 36.5 Å². The van der Waals surface area contributed by atoms with Gasteiger partial charge in [-0.25, -0.2) is 5.43 Å². The predicted molar refractivity (Wildman–Crippen MR) is 132 cm³/mol. The zero-order valence-corrected chi connectivity index (χ0v) is 20.3. The third kappa shape index (κ3) is 6.24. The van der Waals surface area contributed by atoms with E-state index in [1.165, 1.54) is 0 Å². The number of hydrogen-bond acceptors (Lipinski definition) is 8. The molecule has 0 radical (unpaired) electrons. The number of nitrogens with zero attached hydrogens (tertiary/aromatic N) is 3. The maximum atomic E-state index is 13.1. The third-order valence-electron chi connectivity index (χ3n) is 5.60. The summed E-state index contributed by atoms with van der Waals surface area (Å²) >= 11 is 1.55. The zero-order valence-electron chi connectivity index (χ0n) is 19.5.